The number of halogens is 2. The summed E-state index contributed by atoms with van der Waals surface area (Å²) < 4.78 is 0. The topological polar surface area (TPSA) is 41.4 Å². The molecule has 1 aliphatic rings. The van der Waals surface area contributed by atoms with E-state index < -0.39 is 0 Å². The van der Waals surface area contributed by atoms with Gasteiger partial charge in [-0.15, -0.1) is 0 Å². The van der Waals surface area contributed by atoms with Crippen LogP contribution >= 0.6 is 23.2 Å². The largest absolute Gasteiger partial charge is 0.247 e. The van der Waals surface area contributed by atoms with E-state index in [0.717, 1.165) is 45.4 Å². The van der Waals surface area contributed by atoms with Gasteiger partial charge in [0, 0.05) is 27.4 Å². The van der Waals surface area contributed by atoms with Crippen molar-refractivity contribution in [1.29, 1.82) is 0 Å². The van der Waals surface area contributed by atoms with Gasteiger partial charge in [-0.1, -0.05) is 96.0 Å². The predicted molar refractivity (Wildman–Crippen MR) is 144 cm³/mol. The Labute approximate surface area is 213 Å². The molecule has 35 heavy (non-hydrogen) atoms. The molecule has 0 fully saturated rings. The lowest BCUT2D eigenvalue weighted by Gasteiger charge is -2.23. The van der Waals surface area contributed by atoms with Crippen LogP contribution in [0.1, 0.15) is 23.6 Å². The number of benzene rings is 4. The van der Waals surface area contributed by atoms with E-state index in [-0.39, 0.29) is 6.04 Å². The number of nitrogens with zero attached hydrogens (tertiary/aromatic N) is 4. The predicted octanol–water partition coefficient (Wildman–Crippen LogP) is 7.96. The van der Waals surface area contributed by atoms with Crippen LogP contribution in [0.3, 0.4) is 0 Å². The summed E-state index contributed by atoms with van der Waals surface area (Å²) in [6, 6.07) is 33.9. The minimum Gasteiger partial charge on any atom is -0.223 e. The standard InChI is InChI=1S/C29H20Cl2N4/c30-22-13-11-20(12-14-22)27-18-26(19-7-3-1-4-8-19)34-35(27)29-32-25-16-15-23(31)17-24(25)28(33-29)21-9-5-2-6-10-21/h1-17,27H,18H2/t27-/m1/s1. The fourth-order valence-corrected chi connectivity index (χ4v) is 4.75. The maximum Gasteiger partial charge on any atom is 0.247 e. The minimum absolute atomic E-state index is 0.0594. The Kier molecular flexibility index (Phi) is 5.69. The summed E-state index contributed by atoms with van der Waals surface area (Å²) in [7, 11) is 0. The Morgan fingerprint density at radius 2 is 1.34 bits per heavy atom. The van der Waals surface area contributed by atoms with Gasteiger partial charge in [0.25, 0.3) is 0 Å². The molecular weight excluding hydrogens is 475 g/mol. The van der Waals surface area contributed by atoms with Gasteiger partial charge in [-0.2, -0.15) is 5.10 Å². The molecular formula is C29H20Cl2N4. The zero-order valence-corrected chi connectivity index (χ0v) is 20.2. The third-order valence-corrected chi connectivity index (χ3v) is 6.66. The average molecular weight is 495 g/mol. The minimum atomic E-state index is -0.0594. The van der Waals surface area contributed by atoms with Crippen LogP contribution in [-0.2, 0) is 0 Å². The molecule has 0 amide bonds. The van der Waals surface area contributed by atoms with Crippen LogP contribution in [0.5, 0.6) is 0 Å². The highest BCUT2D eigenvalue weighted by Gasteiger charge is 2.32. The monoisotopic (exact) mass is 494 g/mol. The van der Waals surface area contributed by atoms with Gasteiger partial charge < -0.3 is 0 Å². The lowest BCUT2D eigenvalue weighted by Crippen LogP contribution is -2.21. The normalized spacial score (nSPS) is 15.4. The molecule has 4 nitrogen and oxygen atoms in total. The van der Waals surface area contributed by atoms with Crippen molar-refractivity contribution in [1.82, 2.24) is 9.97 Å². The molecule has 0 saturated heterocycles. The SMILES string of the molecule is Clc1ccc([C@H]2CC(c3ccccc3)=NN2c2nc(-c3ccccc3)c3cc(Cl)ccc3n2)cc1. The lowest BCUT2D eigenvalue weighted by molar-refractivity contribution is 0.689. The summed E-state index contributed by atoms with van der Waals surface area (Å²) >= 11 is 12.5. The van der Waals surface area contributed by atoms with E-state index in [1.807, 2.05) is 96.0 Å². The van der Waals surface area contributed by atoms with E-state index in [0.29, 0.717) is 16.0 Å². The summed E-state index contributed by atoms with van der Waals surface area (Å²) in [6.07, 6.45) is 0.730. The van der Waals surface area contributed by atoms with Crippen LogP contribution in [-0.4, -0.2) is 15.7 Å². The van der Waals surface area contributed by atoms with E-state index in [2.05, 4.69) is 12.1 Å². The van der Waals surface area contributed by atoms with E-state index in [4.69, 9.17) is 38.3 Å². The van der Waals surface area contributed by atoms with Gasteiger partial charge in [0.05, 0.1) is 23.0 Å². The summed E-state index contributed by atoms with van der Waals surface area (Å²) in [4.78, 5) is 9.97. The van der Waals surface area contributed by atoms with Crippen LogP contribution in [0.25, 0.3) is 22.2 Å². The first kappa shape index (κ1) is 21.8. The van der Waals surface area contributed by atoms with E-state index >= 15 is 0 Å². The maximum absolute atomic E-state index is 6.35. The molecule has 1 aliphatic heterocycles. The molecule has 5 aromatic rings. The highest BCUT2D eigenvalue weighted by Crippen LogP contribution is 2.38. The van der Waals surface area contributed by atoms with Gasteiger partial charge >= 0.3 is 0 Å². The van der Waals surface area contributed by atoms with Crippen molar-refractivity contribution in [2.45, 2.75) is 12.5 Å². The molecule has 0 bridgehead atoms. The molecule has 0 spiro atoms. The van der Waals surface area contributed by atoms with Crippen LogP contribution in [0.4, 0.5) is 5.95 Å². The highest BCUT2D eigenvalue weighted by molar-refractivity contribution is 6.31. The number of hydrogen-bond acceptors (Lipinski definition) is 4. The second-order valence-corrected chi connectivity index (χ2v) is 9.30. The summed E-state index contributed by atoms with van der Waals surface area (Å²) in [6.45, 7) is 0. The zero-order valence-electron chi connectivity index (χ0n) is 18.6. The summed E-state index contributed by atoms with van der Waals surface area (Å²) in [5.74, 6) is 0.546. The Morgan fingerprint density at radius 3 is 2.06 bits per heavy atom. The van der Waals surface area contributed by atoms with Crippen LogP contribution < -0.4 is 5.01 Å². The van der Waals surface area contributed by atoms with E-state index in [1.54, 1.807) is 0 Å². The van der Waals surface area contributed by atoms with Gasteiger partial charge in [0.15, 0.2) is 0 Å². The second-order valence-electron chi connectivity index (χ2n) is 8.43. The van der Waals surface area contributed by atoms with Gasteiger partial charge in [0.1, 0.15) is 0 Å². The molecule has 1 aromatic heterocycles. The Morgan fingerprint density at radius 1 is 0.686 bits per heavy atom. The van der Waals surface area contributed by atoms with Crippen molar-refractivity contribution in [2.75, 3.05) is 5.01 Å². The number of rotatable bonds is 4. The molecule has 170 valence electrons. The number of fused-ring (bicyclic) bond motifs is 1. The Hall–Kier alpha value is -3.73. The quantitative estimate of drug-likeness (QED) is 0.254. The molecule has 1 atom stereocenters. The van der Waals surface area contributed by atoms with Gasteiger partial charge in [-0.25, -0.2) is 15.0 Å². The van der Waals surface area contributed by atoms with Crippen molar-refractivity contribution >= 4 is 45.8 Å². The van der Waals surface area contributed by atoms with Crippen molar-refractivity contribution in [2.24, 2.45) is 5.10 Å². The van der Waals surface area contributed by atoms with Crippen molar-refractivity contribution in [3.8, 4) is 11.3 Å². The summed E-state index contributed by atoms with van der Waals surface area (Å²) in [5.41, 5.74) is 5.82. The van der Waals surface area contributed by atoms with Crippen molar-refractivity contribution < 1.29 is 0 Å². The van der Waals surface area contributed by atoms with Crippen LogP contribution in [0.2, 0.25) is 10.0 Å². The van der Waals surface area contributed by atoms with Crippen LogP contribution in [0, 0.1) is 0 Å². The van der Waals surface area contributed by atoms with Crippen LogP contribution in [0.15, 0.2) is 108 Å². The molecule has 0 N–H and O–H groups in total. The number of hydrazone groups is 1. The molecule has 2 heterocycles. The fraction of sp³-hybridized carbons (Fsp3) is 0.0690. The summed E-state index contributed by atoms with van der Waals surface area (Å²) in [5, 5.41) is 9.23. The zero-order chi connectivity index (χ0) is 23.8. The van der Waals surface area contributed by atoms with E-state index in [9.17, 15) is 0 Å². The van der Waals surface area contributed by atoms with Gasteiger partial charge in [0.2, 0.25) is 5.95 Å². The molecule has 6 heteroatoms. The van der Waals surface area contributed by atoms with E-state index in [1.165, 1.54) is 0 Å². The maximum atomic E-state index is 6.35. The molecule has 0 aliphatic carbocycles. The van der Waals surface area contributed by atoms with Gasteiger partial charge in [-0.05, 0) is 41.5 Å². The molecule has 0 unspecified atom stereocenters. The molecule has 4 aromatic carbocycles. The smallest absolute Gasteiger partial charge is 0.223 e. The molecule has 6 rings (SSSR count). The third kappa shape index (κ3) is 4.27. The lowest BCUT2D eigenvalue weighted by atomic mass is 9.98. The average Bonchev–Trinajstić information content (AvgIpc) is 3.35. The van der Waals surface area contributed by atoms with Crippen molar-refractivity contribution in [3.63, 3.8) is 0 Å². The number of hydrogen-bond donors (Lipinski definition) is 0. The number of anilines is 1. The fourth-order valence-electron chi connectivity index (χ4n) is 4.45. The first-order valence-electron chi connectivity index (χ1n) is 11.4. The first-order chi connectivity index (χ1) is 17.2. The second kappa shape index (κ2) is 9.14. The molecule has 0 saturated carbocycles. The highest BCUT2D eigenvalue weighted by atomic mass is 35.5. The third-order valence-electron chi connectivity index (χ3n) is 6.17. The Bertz CT molecular complexity index is 1530. The van der Waals surface area contributed by atoms with Gasteiger partial charge in [-0.3, -0.25) is 0 Å². The molecule has 0 radical (unpaired) electrons. The van der Waals surface area contributed by atoms with Crippen molar-refractivity contribution in [3.05, 3.63) is 124 Å². The Balaban J connectivity index is 1.54. The number of aromatic nitrogens is 2. The first-order valence-corrected chi connectivity index (χ1v) is 12.1.